The molecule has 0 unspecified atom stereocenters. The maximum absolute atomic E-state index is 12.7. The van der Waals surface area contributed by atoms with Crippen molar-refractivity contribution < 1.29 is 13.5 Å². The first-order valence-corrected chi connectivity index (χ1v) is 11.6. The molecule has 0 aliphatic carbocycles. The number of aliphatic hydroxyl groups is 1. The Morgan fingerprint density at radius 3 is 2.53 bits per heavy atom. The summed E-state index contributed by atoms with van der Waals surface area (Å²) < 4.78 is 28.0. The van der Waals surface area contributed by atoms with Crippen LogP contribution in [-0.4, -0.2) is 56.0 Å². The summed E-state index contributed by atoms with van der Waals surface area (Å²) in [6, 6.07) is 4.81. The van der Waals surface area contributed by atoms with Crippen LogP contribution >= 0.6 is 0 Å². The zero-order valence-corrected chi connectivity index (χ0v) is 20.3. The number of hydrogen-bond acceptors (Lipinski definition) is 7. The van der Waals surface area contributed by atoms with Crippen LogP contribution in [0.1, 0.15) is 45.2 Å². The number of allylic oxidation sites excluding steroid dienone is 2. The van der Waals surface area contributed by atoms with Crippen LogP contribution in [0.5, 0.6) is 0 Å². The molecule has 2 rings (SSSR count). The van der Waals surface area contributed by atoms with Crippen molar-refractivity contribution in [1.82, 2.24) is 15.2 Å². The van der Waals surface area contributed by atoms with Gasteiger partial charge in [0.1, 0.15) is 5.70 Å². The van der Waals surface area contributed by atoms with Gasteiger partial charge in [0.25, 0.3) is 0 Å². The lowest BCUT2D eigenvalue weighted by atomic mass is 10.0. The molecule has 10 heteroatoms. The van der Waals surface area contributed by atoms with Crippen LogP contribution in [0.2, 0.25) is 0 Å². The molecule has 0 aromatic heterocycles. The summed E-state index contributed by atoms with van der Waals surface area (Å²) >= 11 is 0. The van der Waals surface area contributed by atoms with E-state index in [1.165, 1.54) is 6.07 Å². The van der Waals surface area contributed by atoms with Gasteiger partial charge in [0.2, 0.25) is 10.0 Å². The van der Waals surface area contributed by atoms with Crippen molar-refractivity contribution in [2.24, 2.45) is 9.98 Å². The Kier molecular flexibility index (Phi) is 7.76. The van der Waals surface area contributed by atoms with Crippen molar-refractivity contribution in [3.05, 3.63) is 52.5 Å². The highest BCUT2D eigenvalue weighted by atomic mass is 32.2. The highest BCUT2D eigenvalue weighted by Gasteiger charge is 2.21. The van der Waals surface area contributed by atoms with Gasteiger partial charge in [0.05, 0.1) is 16.2 Å². The van der Waals surface area contributed by atoms with Crippen LogP contribution in [-0.2, 0) is 10.0 Å². The van der Waals surface area contributed by atoms with Crippen LogP contribution in [0, 0.1) is 12.3 Å². The maximum atomic E-state index is 12.7. The van der Waals surface area contributed by atoms with Gasteiger partial charge in [0.15, 0.2) is 5.84 Å². The van der Waals surface area contributed by atoms with E-state index in [1.54, 1.807) is 45.0 Å². The monoisotopic (exact) mass is 460 g/mol. The number of likely N-dealkylation sites (N-methyl/N-ethyl adjacent to an activating group) is 1. The minimum atomic E-state index is -3.76. The molecular formula is C22H32N6O3S. The molecule has 0 atom stereocenters. The first-order valence-electron chi connectivity index (χ1n) is 10.1. The molecule has 4 N–H and O–H groups in total. The molecule has 0 radical (unpaired) electrons. The van der Waals surface area contributed by atoms with Gasteiger partial charge in [0, 0.05) is 25.0 Å². The summed E-state index contributed by atoms with van der Waals surface area (Å²) in [5.74, 6) is -0.0892. The van der Waals surface area contributed by atoms with Crippen LogP contribution < -0.4 is 10.1 Å². The molecular weight excluding hydrogens is 428 g/mol. The van der Waals surface area contributed by atoms with Crippen LogP contribution in [0.3, 0.4) is 0 Å². The molecule has 32 heavy (non-hydrogen) atoms. The number of hydrogen-bond donors (Lipinski definition) is 4. The normalized spacial score (nSPS) is 16.5. The van der Waals surface area contributed by atoms with E-state index in [-0.39, 0.29) is 23.7 Å². The van der Waals surface area contributed by atoms with Gasteiger partial charge in [-0.2, -0.15) is 0 Å². The molecule has 1 heterocycles. The second kappa shape index (κ2) is 9.76. The third kappa shape index (κ3) is 6.35. The highest BCUT2D eigenvalue weighted by molar-refractivity contribution is 7.89. The second-order valence-electron chi connectivity index (χ2n) is 8.37. The van der Waals surface area contributed by atoms with Crippen LogP contribution in [0.15, 0.2) is 56.2 Å². The van der Waals surface area contributed by atoms with Gasteiger partial charge < -0.3 is 10.5 Å². The molecule has 1 aromatic carbocycles. The zero-order valence-electron chi connectivity index (χ0n) is 19.4. The van der Waals surface area contributed by atoms with Crippen molar-refractivity contribution >= 4 is 28.3 Å². The molecule has 0 spiro atoms. The van der Waals surface area contributed by atoms with Crippen LogP contribution in [0.25, 0.3) is 0 Å². The lowest BCUT2D eigenvalue weighted by Gasteiger charge is -2.18. The summed E-state index contributed by atoms with van der Waals surface area (Å²) in [6.45, 7) is 12.3. The van der Waals surface area contributed by atoms with Crippen molar-refractivity contribution in [1.29, 1.82) is 5.41 Å². The third-order valence-electron chi connectivity index (χ3n) is 4.90. The molecule has 0 saturated carbocycles. The predicted octanol–water partition coefficient (Wildman–Crippen LogP) is 2.49. The lowest BCUT2D eigenvalue weighted by Crippen LogP contribution is -2.31. The minimum Gasteiger partial charge on any atom is -0.390 e. The van der Waals surface area contributed by atoms with E-state index >= 15 is 0 Å². The topological polar surface area (TPSA) is 130 Å². The summed E-state index contributed by atoms with van der Waals surface area (Å²) in [5, 5.41) is 19.7. The summed E-state index contributed by atoms with van der Waals surface area (Å²) in [5.41, 5.74) is 6.04. The fourth-order valence-electron chi connectivity index (χ4n) is 3.15. The molecule has 1 aromatic rings. The van der Waals surface area contributed by atoms with E-state index in [0.29, 0.717) is 22.7 Å². The first-order chi connectivity index (χ1) is 14.7. The average molecular weight is 461 g/mol. The fourth-order valence-corrected chi connectivity index (χ4v) is 4.21. The van der Waals surface area contributed by atoms with Gasteiger partial charge in [-0.1, -0.05) is 6.07 Å². The van der Waals surface area contributed by atoms with E-state index in [0.717, 1.165) is 11.3 Å². The minimum absolute atomic E-state index is 0.0892. The number of nitrogens with zero attached hydrogens (tertiary/aromatic N) is 3. The van der Waals surface area contributed by atoms with Gasteiger partial charge in [-0.3, -0.25) is 10.4 Å². The van der Waals surface area contributed by atoms with Crippen LogP contribution in [0.4, 0.5) is 0 Å². The average Bonchev–Trinajstić information content (AvgIpc) is 3.02. The van der Waals surface area contributed by atoms with E-state index < -0.39 is 15.6 Å². The predicted molar refractivity (Wildman–Crippen MR) is 128 cm³/mol. The molecule has 0 saturated heterocycles. The van der Waals surface area contributed by atoms with E-state index in [9.17, 15) is 13.5 Å². The SMILES string of the molecule is C=NC(=N)C(N=C(C)c1cc(S(=O)(=O)NCCC(C)(C)O)ccc1C)=C1C=C(C)NN1C. The summed E-state index contributed by atoms with van der Waals surface area (Å²) in [6.07, 6.45) is 2.14. The van der Waals surface area contributed by atoms with Gasteiger partial charge in [-0.15, -0.1) is 0 Å². The molecule has 0 bridgehead atoms. The first kappa shape index (κ1) is 25.4. The van der Waals surface area contributed by atoms with Crippen molar-refractivity contribution in [3.8, 4) is 0 Å². The van der Waals surface area contributed by atoms with Crippen molar-refractivity contribution in [2.75, 3.05) is 13.6 Å². The Labute approximate surface area is 190 Å². The summed E-state index contributed by atoms with van der Waals surface area (Å²) in [4.78, 5) is 8.46. The van der Waals surface area contributed by atoms with Gasteiger partial charge >= 0.3 is 0 Å². The van der Waals surface area contributed by atoms with Gasteiger partial charge in [-0.25, -0.2) is 23.1 Å². The van der Waals surface area contributed by atoms with Crippen molar-refractivity contribution in [2.45, 2.75) is 51.5 Å². The second-order valence-corrected chi connectivity index (χ2v) is 10.1. The number of nitrogens with one attached hydrogen (secondary N) is 3. The number of amidine groups is 1. The number of benzene rings is 1. The van der Waals surface area contributed by atoms with Crippen molar-refractivity contribution in [3.63, 3.8) is 0 Å². The Hall–Kier alpha value is -2.82. The van der Waals surface area contributed by atoms with E-state index in [4.69, 9.17) is 5.41 Å². The number of sulfonamides is 1. The lowest BCUT2D eigenvalue weighted by molar-refractivity contribution is 0.0728. The number of aryl methyl sites for hydroxylation is 1. The Morgan fingerprint density at radius 2 is 2.00 bits per heavy atom. The maximum Gasteiger partial charge on any atom is 0.240 e. The Morgan fingerprint density at radius 1 is 1.34 bits per heavy atom. The highest BCUT2D eigenvalue weighted by Crippen LogP contribution is 2.22. The standard InChI is InChI=1S/C22H32N6O3S/c1-14-8-9-17(32(30,31)25-11-10-22(4,5)29)13-18(14)16(3)26-20(21(23)24-6)19-12-15(2)27-28(19)7/h8-9,12-13,23,25,27,29H,6,10-11H2,1-5,7H3. The zero-order chi connectivity index (χ0) is 24.3. The third-order valence-corrected chi connectivity index (χ3v) is 6.36. The van der Waals surface area contributed by atoms with E-state index in [1.807, 2.05) is 19.9 Å². The molecule has 0 amide bonds. The molecule has 1 aliphatic rings. The number of hydrazine groups is 1. The summed E-state index contributed by atoms with van der Waals surface area (Å²) in [7, 11) is -1.96. The largest absolute Gasteiger partial charge is 0.390 e. The van der Waals surface area contributed by atoms with E-state index in [2.05, 4.69) is 26.9 Å². The molecule has 0 fully saturated rings. The molecule has 174 valence electrons. The fraction of sp³-hybridized carbons (Fsp3) is 0.409. The Bertz CT molecular complexity index is 1110. The smallest absolute Gasteiger partial charge is 0.240 e. The molecule has 1 aliphatic heterocycles. The quantitative estimate of drug-likeness (QED) is 0.350. The molecule has 9 nitrogen and oxygen atoms in total. The Balaban J connectivity index is 2.46. The number of aliphatic imine (C=N–C) groups is 2. The number of rotatable bonds is 8. The van der Waals surface area contributed by atoms with Gasteiger partial charge in [-0.05, 0) is 77.1 Å².